The van der Waals surface area contributed by atoms with Crippen molar-refractivity contribution in [2.75, 3.05) is 6.61 Å². The molecule has 0 aliphatic heterocycles. The van der Waals surface area contributed by atoms with E-state index in [1.807, 2.05) is 13.8 Å². The van der Waals surface area contributed by atoms with Crippen LogP contribution in [0, 0.1) is 16.7 Å². The molecule has 0 bridgehead atoms. The zero-order valence-electron chi connectivity index (χ0n) is 10.8. The van der Waals surface area contributed by atoms with Crippen molar-refractivity contribution >= 4 is 5.91 Å². The fraction of sp³-hybridized carbons (Fsp3) is 0.909. The van der Waals surface area contributed by atoms with Crippen molar-refractivity contribution in [3.05, 3.63) is 4.91 Å². The summed E-state index contributed by atoms with van der Waals surface area (Å²) in [6, 6.07) is -1.49. The molecule has 100 valence electrons. The molecule has 0 aliphatic carbocycles. The van der Waals surface area contributed by atoms with Crippen molar-refractivity contribution in [2.24, 2.45) is 17.0 Å². The Bertz CT molecular complexity index is 258. The van der Waals surface area contributed by atoms with Crippen molar-refractivity contribution in [3.8, 4) is 0 Å². The Balaban J connectivity index is 4.89. The quantitative estimate of drug-likeness (QED) is 0.561. The van der Waals surface area contributed by atoms with Crippen LogP contribution in [0.2, 0.25) is 0 Å². The van der Waals surface area contributed by atoms with Crippen LogP contribution in [0.4, 0.5) is 0 Å². The van der Waals surface area contributed by atoms with Gasteiger partial charge in [0.05, 0.1) is 12.1 Å². The van der Waals surface area contributed by atoms with Crippen molar-refractivity contribution < 1.29 is 15.0 Å². The minimum atomic E-state index is -1.07. The third-order valence-corrected chi connectivity index (χ3v) is 2.80. The van der Waals surface area contributed by atoms with Crippen LogP contribution in [-0.4, -0.2) is 40.9 Å². The summed E-state index contributed by atoms with van der Waals surface area (Å²) in [5.41, 5.74) is 0. The van der Waals surface area contributed by atoms with Gasteiger partial charge in [-0.1, -0.05) is 25.9 Å². The van der Waals surface area contributed by atoms with Gasteiger partial charge in [0.1, 0.15) is 6.04 Å². The summed E-state index contributed by atoms with van der Waals surface area (Å²) in [6.07, 6.45) is -1.07. The number of aliphatic hydroxyl groups excluding tert-OH is 2. The SMILES string of the molecule is CC(=O)N[C@@H](C(C)C)C(N=O)[C@@H](O)[C@H](C)CO. The molecule has 0 fully saturated rings. The molecule has 0 spiro atoms. The number of nitrogens with one attached hydrogen (secondary N) is 1. The second-order valence-electron chi connectivity index (χ2n) is 4.72. The molecule has 0 heterocycles. The number of carbonyl (C=O) groups is 1. The molecule has 0 aromatic rings. The van der Waals surface area contributed by atoms with E-state index in [0.717, 1.165) is 0 Å². The lowest BCUT2D eigenvalue weighted by atomic mass is 9.88. The predicted octanol–water partition coefficient (Wildman–Crippen LogP) is 0.271. The van der Waals surface area contributed by atoms with Gasteiger partial charge in [-0.15, -0.1) is 0 Å². The van der Waals surface area contributed by atoms with Gasteiger partial charge in [0.15, 0.2) is 0 Å². The van der Waals surface area contributed by atoms with Crippen LogP contribution in [0.25, 0.3) is 0 Å². The Labute approximate surface area is 101 Å². The fourth-order valence-corrected chi connectivity index (χ4v) is 1.67. The number of aliphatic hydroxyl groups is 2. The lowest BCUT2D eigenvalue weighted by Crippen LogP contribution is -2.51. The first-order valence-electron chi connectivity index (χ1n) is 5.73. The van der Waals surface area contributed by atoms with E-state index in [1.54, 1.807) is 6.92 Å². The van der Waals surface area contributed by atoms with E-state index in [4.69, 9.17) is 5.11 Å². The van der Waals surface area contributed by atoms with Gasteiger partial charge in [-0.2, -0.15) is 4.91 Å². The number of hydrogen-bond donors (Lipinski definition) is 3. The summed E-state index contributed by atoms with van der Waals surface area (Å²) < 4.78 is 0. The van der Waals surface area contributed by atoms with E-state index in [1.165, 1.54) is 6.92 Å². The molecule has 3 N–H and O–H groups in total. The fourth-order valence-electron chi connectivity index (χ4n) is 1.67. The topological polar surface area (TPSA) is 99.0 Å². The Morgan fingerprint density at radius 1 is 1.35 bits per heavy atom. The zero-order chi connectivity index (χ0) is 13.6. The van der Waals surface area contributed by atoms with Gasteiger partial charge < -0.3 is 15.5 Å². The molecule has 0 radical (unpaired) electrons. The van der Waals surface area contributed by atoms with Crippen LogP contribution in [0.1, 0.15) is 27.7 Å². The third-order valence-electron chi connectivity index (χ3n) is 2.80. The molecule has 0 aromatic heterocycles. The highest BCUT2D eigenvalue weighted by Gasteiger charge is 2.35. The standard InChI is InChI=1S/C11H22N2O4/c1-6(2)9(12-8(4)15)10(13-17)11(16)7(3)5-14/h6-7,9-11,14,16H,5H2,1-4H3,(H,12,15)/t7-,9+,10?,11+/m1/s1. The molecular formula is C11H22N2O4. The highest BCUT2D eigenvalue weighted by Crippen LogP contribution is 2.18. The molecule has 17 heavy (non-hydrogen) atoms. The number of nitroso groups, excluding NO2 is 1. The van der Waals surface area contributed by atoms with Gasteiger partial charge in [0.2, 0.25) is 5.91 Å². The average molecular weight is 246 g/mol. The monoisotopic (exact) mass is 246 g/mol. The Morgan fingerprint density at radius 2 is 1.88 bits per heavy atom. The van der Waals surface area contributed by atoms with Gasteiger partial charge in [0.25, 0.3) is 0 Å². The van der Waals surface area contributed by atoms with Gasteiger partial charge in [-0.3, -0.25) is 4.79 Å². The third kappa shape index (κ3) is 4.79. The Hall–Kier alpha value is -1.01. The zero-order valence-corrected chi connectivity index (χ0v) is 10.8. The van der Waals surface area contributed by atoms with Crippen LogP contribution in [-0.2, 0) is 4.79 Å². The van der Waals surface area contributed by atoms with Gasteiger partial charge in [0, 0.05) is 19.4 Å². The maximum Gasteiger partial charge on any atom is 0.217 e. The van der Waals surface area contributed by atoms with Crippen LogP contribution in [0.3, 0.4) is 0 Å². The van der Waals surface area contributed by atoms with E-state index in [0.29, 0.717) is 0 Å². The second-order valence-corrected chi connectivity index (χ2v) is 4.72. The van der Waals surface area contributed by atoms with Crippen molar-refractivity contribution in [1.82, 2.24) is 5.32 Å². The van der Waals surface area contributed by atoms with Crippen LogP contribution < -0.4 is 5.32 Å². The molecule has 0 saturated heterocycles. The van der Waals surface area contributed by atoms with Gasteiger partial charge in [-0.05, 0) is 5.92 Å². The van der Waals surface area contributed by atoms with E-state index >= 15 is 0 Å². The smallest absolute Gasteiger partial charge is 0.217 e. The minimum Gasteiger partial charge on any atom is -0.396 e. The molecule has 0 aliphatic rings. The highest BCUT2D eigenvalue weighted by atomic mass is 16.3. The molecular weight excluding hydrogens is 224 g/mol. The van der Waals surface area contributed by atoms with Crippen molar-refractivity contribution in [1.29, 1.82) is 0 Å². The molecule has 6 nitrogen and oxygen atoms in total. The maximum atomic E-state index is 11.1. The molecule has 6 heteroatoms. The summed E-state index contributed by atoms with van der Waals surface area (Å²) in [5, 5.41) is 24.4. The first kappa shape index (κ1) is 16.0. The Morgan fingerprint density at radius 3 is 2.18 bits per heavy atom. The molecule has 4 atom stereocenters. The van der Waals surface area contributed by atoms with E-state index < -0.39 is 24.1 Å². The summed E-state index contributed by atoms with van der Waals surface area (Å²) in [5.74, 6) is -0.781. The summed E-state index contributed by atoms with van der Waals surface area (Å²) in [4.78, 5) is 21.9. The summed E-state index contributed by atoms with van der Waals surface area (Å²) in [7, 11) is 0. The lowest BCUT2D eigenvalue weighted by molar-refractivity contribution is -0.120. The predicted molar refractivity (Wildman–Crippen MR) is 64.3 cm³/mol. The summed E-state index contributed by atoms with van der Waals surface area (Å²) >= 11 is 0. The van der Waals surface area contributed by atoms with Gasteiger partial charge >= 0.3 is 0 Å². The van der Waals surface area contributed by atoms with Crippen LogP contribution in [0.5, 0.6) is 0 Å². The Kier molecular flexibility index (Phi) is 6.91. The van der Waals surface area contributed by atoms with E-state index in [9.17, 15) is 14.8 Å². The number of hydrogen-bond acceptors (Lipinski definition) is 5. The minimum absolute atomic E-state index is 0.0397. The highest BCUT2D eigenvalue weighted by molar-refractivity contribution is 5.73. The molecule has 0 rings (SSSR count). The first-order chi connectivity index (χ1) is 7.84. The summed E-state index contributed by atoms with van der Waals surface area (Å²) in [6.45, 7) is 6.38. The van der Waals surface area contributed by atoms with E-state index in [-0.39, 0.29) is 18.4 Å². The molecule has 1 amide bonds. The second kappa shape index (κ2) is 7.34. The van der Waals surface area contributed by atoms with Crippen LogP contribution in [0.15, 0.2) is 5.18 Å². The molecule has 0 aromatic carbocycles. The van der Waals surface area contributed by atoms with Gasteiger partial charge in [-0.25, -0.2) is 0 Å². The van der Waals surface area contributed by atoms with Crippen LogP contribution >= 0.6 is 0 Å². The lowest BCUT2D eigenvalue weighted by Gasteiger charge is -2.31. The molecule has 1 unspecified atom stereocenters. The molecule has 0 saturated carbocycles. The first-order valence-corrected chi connectivity index (χ1v) is 5.73. The van der Waals surface area contributed by atoms with Crippen molar-refractivity contribution in [3.63, 3.8) is 0 Å². The number of nitrogens with zero attached hydrogens (tertiary/aromatic N) is 1. The largest absolute Gasteiger partial charge is 0.396 e. The number of carbonyl (C=O) groups excluding carboxylic acids is 1. The van der Waals surface area contributed by atoms with E-state index in [2.05, 4.69) is 10.5 Å². The number of amides is 1. The van der Waals surface area contributed by atoms with Crippen molar-refractivity contribution in [2.45, 2.75) is 45.9 Å². The maximum absolute atomic E-state index is 11.1. The normalized spacial score (nSPS) is 18.3. The number of rotatable bonds is 7. The average Bonchev–Trinajstić information content (AvgIpc) is 2.26.